The molecule has 4 nitrogen and oxygen atoms in total. The SMILES string of the molecule is CCc1cc(CSc2ccncc2N)n(CC)n1. The van der Waals surface area contributed by atoms with E-state index in [1.165, 1.54) is 5.69 Å². The van der Waals surface area contributed by atoms with Crippen LogP contribution in [0.3, 0.4) is 0 Å². The van der Waals surface area contributed by atoms with E-state index in [9.17, 15) is 0 Å². The molecule has 2 aromatic rings. The van der Waals surface area contributed by atoms with E-state index in [1.807, 2.05) is 6.07 Å². The highest BCUT2D eigenvalue weighted by Gasteiger charge is 2.07. The third kappa shape index (κ3) is 2.85. The zero-order chi connectivity index (χ0) is 13.0. The van der Waals surface area contributed by atoms with E-state index in [1.54, 1.807) is 24.2 Å². The van der Waals surface area contributed by atoms with E-state index in [-0.39, 0.29) is 0 Å². The van der Waals surface area contributed by atoms with Crippen LogP contribution in [0.4, 0.5) is 5.69 Å². The van der Waals surface area contributed by atoms with Gasteiger partial charge in [-0.15, -0.1) is 11.8 Å². The van der Waals surface area contributed by atoms with Crippen molar-refractivity contribution in [3.05, 3.63) is 35.9 Å². The summed E-state index contributed by atoms with van der Waals surface area (Å²) in [6.07, 6.45) is 4.44. The predicted molar refractivity (Wildman–Crippen MR) is 75.5 cm³/mol. The largest absolute Gasteiger partial charge is 0.397 e. The molecule has 0 radical (unpaired) electrons. The second-order valence-electron chi connectivity index (χ2n) is 4.00. The number of rotatable bonds is 5. The zero-order valence-corrected chi connectivity index (χ0v) is 11.6. The minimum atomic E-state index is 0.737. The van der Waals surface area contributed by atoms with Crippen LogP contribution in [0.15, 0.2) is 29.4 Å². The Bertz CT molecular complexity index is 521. The predicted octanol–water partition coefficient (Wildman–Crippen LogP) is 2.73. The monoisotopic (exact) mass is 262 g/mol. The molecule has 0 aromatic carbocycles. The lowest BCUT2D eigenvalue weighted by molar-refractivity contribution is 0.628. The summed E-state index contributed by atoms with van der Waals surface area (Å²) >= 11 is 1.73. The van der Waals surface area contributed by atoms with Gasteiger partial charge in [0.1, 0.15) is 0 Å². The van der Waals surface area contributed by atoms with E-state index in [2.05, 4.69) is 34.7 Å². The molecule has 0 fully saturated rings. The van der Waals surface area contributed by atoms with Gasteiger partial charge in [-0.2, -0.15) is 5.10 Å². The molecular weight excluding hydrogens is 244 g/mol. The Balaban J connectivity index is 2.10. The number of hydrogen-bond acceptors (Lipinski definition) is 4. The zero-order valence-electron chi connectivity index (χ0n) is 10.8. The average Bonchev–Trinajstić information content (AvgIpc) is 2.80. The van der Waals surface area contributed by atoms with Crippen LogP contribution >= 0.6 is 11.8 Å². The van der Waals surface area contributed by atoms with Crippen molar-refractivity contribution in [3.63, 3.8) is 0 Å². The molecule has 0 saturated heterocycles. The fourth-order valence-electron chi connectivity index (χ4n) is 1.75. The van der Waals surface area contributed by atoms with Crippen LogP contribution in [0.5, 0.6) is 0 Å². The minimum Gasteiger partial charge on any atom is -0.397 e. The lowest BCUT2D eigenvalue weighted by Crippen LogP contribution is -2.01. The molecule has 2 heterocycles. The van der Waals surface area contributed by atoms with Gasteiger partial charge in [0.15, 0.2) is 0 Å². The molecule has 96 valence electrons. The lowest BCUT2D eigenvalue weighted by Gasteiger charge is -2.06. The van der Waals surface area contributed by atoms with Crippen LogP contribution in [0.1, 0.15) is 25.2 Å². The van der Waals surface area contributed by atoms with Crippen LogP contribution in [-0.2, 0) is 18.7 Å². The highest BCUT2D eigenvalue weighted by molar-refractivity contribution is 7.98. The molecule has 5 heteroatoms. The smallest absolute Gasteiger partial charge is 0.0638 e. The summed E-state index contributed by atoms with van der Waals surface area (Å²) in [4.78, 5) is 5.07. The van der Waals surface area contributed by atoms with Gasteiger partial charge in [0.05, 0.1) is 17.6 Å². The standard InChI is InChI=1S/C13H18N4S/c1-3-10-7-11(17(4-2)16-10)9-18-13-5-6-15-8-12(13)14/h5-8H,3-4,9,14H2,1-2H3. The summed E-state index contributed by atoms with van der Waals surface area (Å²) in [7, 11) is 0. The summed E-state index contributed by atoms with van der Waals surface area (Å²) in [5, 5.41) is 4.54. The number of thioether (sulfide) groups is 1. The highest BCUT2D eigenvalue weighted by Crippen LogP contribution is 2.27. The number of pyridine rings is 1. The van der Waals surface area contributed by atoms with Crippen LogP contribution < -0.4 is 5.73 Å². The Labute approximate surface area is 112 Å². The Morgan fingerprint density at radius 3 is 2.89 bits per heavy atom. The number of aromatic nitrogens is 3. The Morgan fingerprint density at radius 1 is 1.39 bits per heavy atom. The maximum Gasteiger partial charge on any atom is 0.0638 e. The molecule has 18 heavy (non-hydrogen) atoms. The molecule has 0 saturated carbocycles. The number of anilines is 1. The van der Waals surface area contributed by atoms with Gasteiger partial charge in [-0.05, 0) is 25.5 Å². The van der Waals surface area contributed by atoms with Crippen molar-refractivity contribution in [1.82, 2.24) is 14.8 Å². The third-order valence-electron chi connectivity index (χ3n) is 2.76. The van der Waals surface area contributed by atoms with Gasteiger partial charge >= 0.3 is 0 Å². The van der Waals surface area contributed by atoms with Crippen molar-refractivity contribution >= 4 is 17.4 Å². The van der Waals surface area contributed by atoms with Gasteiger partial charge in [-0.3, -0.25) is 9.67 Å². The van der Waals surface area contributed by atoms with Crippen LogP contribution in [-0.4, -0.2) is 14.8 Å². The van der Waals surface area contributed by atoms with Crippen LogP contribution in [0, 0.1) is 0 Å². The number of nitrogens with two attached hydrogens (primary N) is 1. The number of hydrogen-bond donors (Lipinski definition) is 1. The van der Waals surface area contributed by atoms with Crippen LogP contribution in [0.25, 0.3) is 0 Å². The molecule has 0 aliphatic rings. The quantitative estimate of drug-likeness (QED) is 0.842. The van der Waals surface area contributed by atoms with Gasteiger partial charge in [-0.1, -0.05) is 6.92 Å². The first kappa shape index (κ1) is 13.0. The Morgan fingerprint density at radius 2 is 2.22 bits per heavy atom. The van der Waals surface area contributed by atoms with Crippen LogP contribution in [0.2, 0.25) is 0 Å². The third-order valence-corrected chi connectivity index (χ3v) is 3.88. The van der Waals surface area contributed by atoms with Crippen molar-refractivity contribution in [2.24, 2.45) is 0 Å². The summed E-state index contributed by atoms with van der Waals surface area (Å²) in [5.41, 5.74) is 9.01. The minimum absolute atomic E-state index is 0.737. The fourth-order valence-corrected chi connectivity index (χ4v) is 2.67. The molecule has 0 amide bonds. The summed E-state index contributed by atoms with van der Waals surface area (Å²) in [5.74, 6) is 0.884. The van der Waals surface area contributed by atoms with Gasteiger partial charge in [0.2, 0.25) is 0 Å². The van der Waals surface area contributed by atoms with Crippen molar-refractivity contribution in [2.75, 3.05) is 5.73 Å². The number of nitrogens with zero attached hydrogens (tertiary/aromatic N) is 3. The lowest BCUT2D eigenvalue weighted by atomic mass is 10.3. The first-order valence-corrected chi connectivity index (χ1v) is 7.11. The second-order valence-corrected chi connectivity index (χ2v) is 5.02. The average molecular weight is 262 g/mol. The van der Waals surface area contributed by atoms with Gasteiger partial charge in [-0.25, -0.2) is 0 Å². The van der Waals surface area contributed by atoms with E-state index in [4.69, 9.17) is 5.73 Å². The van der Waals surface area contributed by atoms with Gasteiger partial charge in [0.25, 0.3) is 0 Å². The molecule has 2 rings (SSSR count). The van der Waals surface area contributed by atoms with E-state index >= 15 is 0 Å². The maximum absolute atomic E-state index is 5.88. The summed E-state index contributed by atoms with van der Waals surface area (Å²) in [6.45, 7) is 5.14. The van der Waals surface area contributed by atoms with E-state index in [0.717, 1.165) is 35.0 Å². The Kier molecular flexibility index (Phi) is 4.25. The normalized spacial score (nSPS) is 10.8. The highest BCUT2D eigenvalue weighted by atomic mass is 32.2. The molecule has 0 bridgehead atoms. The molecule has 2 aromatic heterocycles. The van der Waals surface area contributed by atoms with Crippen molar-refractivity contribution in [2.45, 2.75) is 37.5 Å². The molecular formula is C13H18N4S. The molecule has 2 N–H and O–H groups in total. The molecule has 0 spiro atoms. The molecule has 0 unspecified atom stereocenters. The first-order chi connectivity index (χ1) is 8.74. The maximum atomic E-state index is 5.88. The first-order valence-electron chi connectivity index (χ1n) is 6.12. The fraction of sp³-hybridized carbons (Fsp3) is 0.385. The van der Waals surface area contributed by atoms with Crippen molar-refractivity contribution < 1.29 is 0 Å². The molecule has 0 aliphatic carbocycles. The summed E-state index contributed by atoms with van der Waals surface area (Å²) < 4.78 is 2.06. The topological polar surface area (TPSA) is 56.7 Å². The van der Waals surface area contributed by atoms with Gasteiger partial charge < -0.3 is 5.73 Å². The number of nitrogen functional groups attached to an aromatic ring is 1. The molecule has 0 aliphatic heterocycles. The molecule has 0 atom stereocenters. The number of aryl methyl sites for hydroxylation is 2. The Hall–Kier alpha value is -1.49. The van der Waals surface area contributed by atoms with E-state index in [0.29, 0.717) is 0 Å². The van der Waals surface area contributed by atoms with Crippen molar-refractivity contribution in [3.8, 4) is 0 Å². The van der Waals surface area contributed by atoms with E-state index < -0.39 is 0 Å². The second kappa shape index (κ2) is 5.91. The van der Waals surface area contributed by atoms with Gasteiger partial charge in [0, 0.05) is 29.1 Å². The summed E-state index contributed by atoms with van der Waals surface area (Å²) in [6, 6.07) is 4.13. The van der Waals surface area contributed by atoms with Crippen molar-refractivity contribution in [1.29, 1.82) is 0 Å².